The maximum atomic E-state index is 10.1. The van der Waals surface area contributed by atoms with Crippen LogP contribution in [0.4, 0.5) is 0 Å². The molecule has 2 fully saturated rings. The summed E-state index contributed by atoms with van der Waals surface area (Å²) < 4.78 is 22.3. The number of methoxy groups -OCH3 is 1. The van der Waals surface area contributed by atoms with Gasteiger partial charge in [0.15, 0.2) is 12.1 Å². The van der Waals surface area contributed by atoms with E-state index in [1.165, 1.54) is 0 Å². The van der Waals surface area contributed by atoms with E-state index < -0.39 is 18.2 Å². The lowest BCUT2D eigenvalue weighted by atomic mass is 9.97. The first kappa shape index (κ1) is 12.3. The fourth-order valence-corrected chi connectivity index (χ4v) is 2.36. The van der Waals surface area contributed by atoms with Crippen LogP contribution in [0.25, 0.3) is 0 Å². The number of hydrogen-bond donors (Lipinski definition) is 1. The topological polar surface area (TPSA) is 57.2 Å². The van der Waals surface area contributed by atoms with E-state index in [-0.39, 0.29) is 18.3 Å². The molecule has 0 aromatic carbocycles. The van der Waals surface area contributed by atoms with Crippen LogP contribution in [-0.4, -0.2) is 48.7 Å². The highest BCUT2D eigenvalue weighted by Crippen LogP contribution is 2.38. The van der Waals surface area contributed by atoms with Gasteiger partial charge in [0.2, 0.25) is 0 Å². The third-order valence-electron chi connectivity index (χ3n) is 3.09. The third kappa shape index (κ3) is 1.98. The lowest BCUT2D eigenvalue weighted by Gasteiger charge is -2.38. The van der Waals surface area contributed by atoms with Crippen LogP contribution < -0.4 is 0 Å². The standard InChI is InChI=1S/C11H20O5/c1-5-6-7(12)8-9(10(13-4)14-6)16-11(2,3)15-8/h6-10,12H,5H2,1-4H3/t6?,7-,8?,9?,10-/m1/s1. The second-order valence-electron chi connectivity index (χ2n) is 4.74. The summed E-state index contributed by atoms with van der Waals surface area (Å²) >= 11 is 0. The lowest BCUT2D eigenvalue weighted by molar-refractivity contribution is -0.267. The second-order valence-corrected chi connectivity index (χ2v) is 4.74. The van der Waals surface area contributed by atoms with Crippen molar-refractivity contribution in [2.75, 3.05) is 7.11 Å². The van der Waals surface area contributed by atoms with Gasteiger partial charge in [-0.05, 0) is 20.3 Å². The van der Waals surface area contributed by atoms with Crippen LogP contribution in [0.1, 0.15) is 27.2 Å². The lowest BCUT2D eigenvalue weighted by Crippen LogP contribution is -2.56. The molecule has 0 spiro atoms. The minimum Gasteiger partial charge on any atom is -0.388 e. The molecule has 16 heavy (non-hydrogen) atoms. The Morgan fingerprint density at radius 1 is 1.25 bits per heavy atom. The van der Waals surface area contributed by atoms with E-state index in [4.69, 9.17) is 18.9 Å². The molecular formula is C11H20O5. The first-order valence-electron chi connectivity index (χ1n) is 5.70. The molecule has 0 aliphatic carbocycles. The molecule has 0 bridgehead atoms. The van der Waals surface area contributed by atoms with Gasteiger partial charge in [0, 0.05) is 7.11 Å². The first-order chi connectivity index (χ1) is 7.48. The van der Waals surface area contributed by atoms with Crippen molar-refractivity contribution in [3.05, 3.63) is 0 Å². The smallest absolute Gasteiger partial charge is 0.186 e. The van der Waals surface area contributed by atoms with Gasteiger partial charge in [-0.3, -0.25) is 0 Å². The number of rotatable bonds is 2. The van der Waals surface area contributed by atoms with Gasteiger partial charge in [-0.1, -0.05) is 6.92 Å². The monoisotopic (exact) mass is 232 g/mol. The van der Waals surface area contributed by atoms with E-state index in [2.05, 4.69) is 0 Å². The molecule has 2 saturated heterocycles. The average molecular weight is 232 g/mol. The average Bonchev–Trinajstić information content (AvgIpc) is 2.55. The summed E-state index contributed by atoms with van der Waals surface area (Å²) in [6.45, 7) is 5.61. The van der Waals surface area contributed by atoms with Crippen LogP contribution in [0.5, 0.6) is 0 Å². The van der Waals surface area contributed by atoms with Gasteiger partial charge in [-0.2, -0.15) is 0 Å². The molecule has 0 aromatic heterocycles. The molecule has 5 nitrogen and oxygen atoms in total. The summed E-state index contributed by atoms with van der Waals surface area (Å²) in [5.74, 6) is -0.695. The van der Waals surface area contributed by atoms with Gasteiger partial charge in [-0.15, -0.1) is 0 Å². The maximum Gasteiger partial charge on any atom is 0.186 e. The summed E-state index contributed by atoms with van der Waals surface area (Å²) in [7, 11) is 1.57. The van der Waals surface area contributed by atoms with Crippen molar-refractivity contribution in [1.29, 1.82) is 0 Å². The van der Waals surface area contributed by atoms with Crippen LogP contribution >= 0.6 is 0 Å². The van der Waals surface area contributed by atoms with Crippen molar-refractivity contribution >= 4 is 0 Å². The Hall–Kier alpha value is -0.200. The van der Waals surface area contributed by atoms with Crippen molar-refractivity contribution in [3.63, 3.8) is 0 Å². The van der Waals surface area contributed by atoms with E-state index in [9.17, 15) is 5.11 Å². The predicted octanol–water partition coefficient (Wildman–Crippen LogP) is 0.649. The highest BCUT2D eigenvalue weighted by atomic mass is 16.8. The molecule has 0 aromatic rings. The van der Waals surface area contributed by atoms with Gasteiger partial charge in [0.25, 0.3) is 0 Å². The van der Waals surface area contributed by atoms with Crippen LogP contribution in [0.15, 0.2) is 0 Å². The highest BCUT2D eigenvalue weighted by molar-refractivity contribution is 4.95. The molecule has 1 N–H and O–H groups in total. The fraction of sp³-hybridized carbons (Fsp3) is 1.00. The Morgan fingerprint density at radius 3 is 2.44 bits per heavy atom. The Bertz CT molecular complexity index is 255. The second kappa shape index (κ2) is 4.23. The summed E-state index contributed by atoms with van der Waals surface area (Å²) in [6.07, 6.45) is -1.42. The predicted molar refractivity (Wildman–Crippen MR) is 55.8 cm³/mol. The number of ether oxygens (including phenoxy) is 4. The van der Waals surface area contributed by atoms with Crippen molar-refractivity contribution < 1.29 is 24.1 Å². The van der Waals surface area contributed by atoms with E-state index in [0.717, 1.165) is 0 Å². The number of hydrogen-bond acceptors (Lipinski definition) is 5. The SMILES string of the molecule is CCC1O[C@@H](OC)C2OC(C)(C)OC2[C@@H]1O. The zero-order valence-corrected chi connectivity index (χ0v) is 10.2. The number of aliphatic hydroxyl groups is 1. The minimum atomic E-state index is -0.695. The van der Waals surface area contributed by atoms with Crippen molar-refractivity contribution in [2.45, 2.75) is 63.7 Å². The third-order valence-corrected chi connectivity index (χ3v) is 3.09. The molecule has 3 unspecified atom stereocenters. The highest BCUT2D eigenvalue weighted by Gasteiger charge is 2.54. The van der Waals surface area contributed by atoms with Gasteiger partial charge >= 0.3 is 0 Å². The summed E-state index contributed by atoms with van der Waals surface area (Å²) in [6, 6.07) is 0. The number of fused-ring (bicyclic) bond motifs is 1. The molecule has 0 saturated carbocycles. The Morgan fingerprint density at radius 2 is 1.88 bits per heavy atom. The molecule has 2 aliphatic heterocycles. The molecule has 2 heterocycles. The van der Waals surface area contributed by atoms with Gasteiger partial charge < -0.3 is 24.1 Å². The van der Waals surface area contributed by atoms with E-state index in [0.29, 0.717) is 6.42 Å². The zero-order chi connectivity index (χ0) is 11.9. The van der Waals surface area contributed by atoms with Crippen LogP contribution in [-0.2, 0) is 18.9 Å². The van der Waals surface area contributed by atoms with Crippen LogP contribution in [0, 0.1) is 0 Å². The van der Waals surface area contributed by atoms with Gasteiger partial charge in [-0.25, -0.2) is 0 Å². The molecule has 2 rings (SSSR count). The van der Waals surface area contributed by atoms with Crippen molar-refractivity contribution in [1.82, 2.24) is 0 Å². The summed E-state index contributed by atoms with van der Waals surface area (Å²) in [5.41, 5.74) is 0. The van der Waals surface area contributed by atoms with E-state index in [1.54, 1.807) is 7.11 Å². The minimum absolute atomic E-state index is 0.260. The summed E-state index contributed by atoms with van der Waals surface area (Å²) in [5, 5.41) is 10.1. The van der Waals surface area contributed by atoms with Gasteiger partial charge in [0.1, 0.15) is 18.3 Å². The Kier molecular flexibility index (Phi) is 3.25. The van der Waals surface area contributed by atoms with E-state index in [1.807, 2.05) is 20.8 Å². The normalized spacial score (nSPS) is 46.7. The molecular weight excluding hydrogens is 212 g/mol. The Balaban J connectivity index is 2.18. The van der Waals surface area contributed by atoms with Crippen molar-refractivity contribution in [2.24, 2.45) is 0 Å². The fourth-order valence-electron chi connectivity index (χ4n) is 2.36. The molecule has 5 atom stereocenters. The van der Waals surface area contributed by atoms with Crippen LogP contribution in [0.2, 0.25) is 0 Å². The molecule has 0 amide bonds. The van der Waals surface area contributed by atoms with Gasteiger partial charge in [0.05, 0.1) is 6.10 Å². The molecule has 5 heteroatoms. The van der Waals surface area contributed by atoms with Crippen LogP contribution in [0.3, 0.4) is 0 Å². The Labute approximate surface area is 95.6 Å². The largest absolute Gasteiger partial charge is 0.388 e. The summed E-state index contributed by atoms with van der Waals surface area (Å²) in [4.78, 5) is 0. The zero-order valence-electron chi connectivity index (χ0n) is 10.2. The molecule has 0 radical (unpaired) electrons. The van der Waals surface area contributed by atoms with E-state index >= 15 is 0 Å². The number of aliphatic hydroxyl groups excluding tert-OH is 1. The maximum absolute atomic E-state index is 10.1. The quantitative estimate of drug-likeness (QED) is 0.757. The molecule has 2 aliphatic rings. The molecule has 94 valence electrons. The first-order valence-corrected chi connectivity index (χ1v) is 5.70. The van der Waals surface area contributed by atoms with Crippen molar-refractivity contribution in [3.8, 4) is 0 Å².